The first kappa shape index (κ1) is 15.8. The molecule has 3 N–H and O–H groups in total. The molecule has 20 heavy (non-hydrogen) atoms. The summed E-state index contributed by atoms with van der Waals surface area (Å²) >= 11 is 0. The minimum atomic E-state index is -1.09. The second kappa shape index (κ2) is 7.37. The molecule has 2 amide bonds. The van der Waals surface area contributed by atoms with Crippen molar-refractivity contribution in [3.63, 3.8) is 0 Å². The zero-order valence-electron chi connectivity index (χ0n) is 11.8. The SMILES string of the molecule is CCc1nnc(NC(=O)N[C@H](CC)C(=O)O)nc1CC. The molecule has 0 aliphatic carbocycles. The van der Waals surface area contributed by atoms with Crippen LogP contribution in [0.2, 0.25) is 0 Å². The van der Waals surface area contributed by atoms with Gasteiger partial charge in [0.15, 0.2) is 0 Å². The molecule has 1 aromatic heterocycles. The van der Waals surface area contributed by atoms with Crippen LogP contribution in [0.5, 0.6) is 0 Å². The number of aliphatic carboxylic acids is 1. The summed E-state index contributed by atoms with van der Waals surface area (Å²) in [7, 11) is 0. The van der Waals surface area contributed by atoms with E-state index in [4.69, 9.17) is 5.11 Å². The van der Waals surface area contributed by atoms with Crippen molar-refractivity contribution in [2.45, 2.75) is 46.1 Å². The number of carbonyl (C=O) groups is 2. The summed E-state index contributed by atoms with van der Waals surface area (Å²) in [4.78, 5) is 26.7. The molecular formula is C12H19N5O3. The van der Waals surface area contributed by atoms with Crippen LogP contribution in [0.25, 0.3) is 0 Å². The number of carbonyl (C=O) groups excluding carboxylic acids is 1. The van der Waals surface area contributed by atoms with Gasteiger partial charge in [-0.3, -0.25) is 5.32 Å². The Hall–Kier alpha value is -2.25. The minimum Gasteiger partial charge on any atom is -0.480 e. The van der Waals surface area contributed by atoms with E-state index >= 15 is 0 Å². The number of aromatic nitrogens is 3. The Morgan fingerprint density at radius 3 is 2.30 bits per heavy atom. The zero-order valence-corrected chi connectivity index (χ0v) is 11.8. The lowest BCUT2D eigenvalue weighted by Gasteiger charge is -2.12. The maximum atomic E-state index is 11.6. The number of urea groups is 1. The van der Waals surface area contributed by atoms with Crippen LogP contribution in [0.1, 0.15) is 38.6 Å². The number of hydrogen-bond donors (Lipinski definition) is 3. The summed E-state index contributed by atoms with van der Waals surface area (Å²) in [6.45, 7) is 5.55. The number of carboxylic acids is 1. The van der Waals surface area contributed by atoms with Crippen LogP contribution in [0, 0.1) is 0 Å². The molecule has 1 atom stereocenters. The standard InChI is InChI=1S/C12H19N5O3/c1-4-7-8(5-2)16-17-11(13-7)15-12(20)14-9(6-3)10(18)19/h9H,4-6H2,1-3H3,(H,18,19)(H2,13,14,15,17,20)/t9-/m1/s1. The van der Waals surface area contributed by atoms with Gasteiger partial charge in [0.2, 0.25) is 0 Å². The molecule has 0 fully saturated rings. The van der Waals surface area contributed by atoms with Crippen LogP contribution >= 0.6 is 0 Å². The molecule has 110 valence electrons. The molecule has 0 saturated heterocycles. The molecule has 0 radical (unpaired) electrons. The third-order valence-electron chi connectivity index (χ3n) is 2.75. The first-order valence-electron chi connectivity index (χ1n) is 6.54. The predicted octanol–water partition coefficient (Wildman–Crippen LogP) is 0.981. The van der Waals surface area contributed by atoms with E-state index in [1.54, 1.807) is 6.92 Å². The largest absolute Gasteiger partial charge is 0.480 e. The van der Waals surface area contributed by atoms with E-state index in [9.17, 15) is 9.59 Å². The number of nitrogens with one attached hydrogen (secondary N) is 2. The van der Waals surface area contributed by atoms with Crippen LogP contribution < -0.4 is 10.6 Å². The lowest BCUT2D eigenvalue weighted by Crippen LogP contribution is -2.42. The molecule has 0 unspecified atom stereocenters. The van der Waals surface area contributed by atoms with Gasteiger partial charge in [-0.1, -0.05) is 20.8 Å². The molecule has 8 nitrogen and oxygen atoms in total. The monoisotopic (exact) mass is 281 g/mol. The first-order valence-corrected chi connectivity index (χ1v) is 6.54. The first-order chi connectivity index (χ1) is 9.51. The Bertz CT molecular complexity index is 492. The van der Waals surface area contributed by atoms with Gasteiger partial charge in [0.1, 0.15) is 6.04 Å². The van der Waals surface area contributed by atoms with Gasteiger partial charge < -0.3 is 10.4 Å². The number of nitrogens with zero attached hydrogens (tertiary/aromatic N) is 3. The highest BCUT2D eigenvalue weighted by Crippen LogP contribution is 2.06. The number of aryl methyl sites for hydroxylation is 2. The Morgan fingerprint density at radius 2 is 1.80 bits per heavy atom. The van der Waals surface area contributed by atoms with Gasteiger partial charge in [-0.15, -0.1) is 10.2 Å². The Labute approximate surface area is 117 Å². The lowest BCUT2D eigenvalue weighted by atomic mass is 10.2. The molecule has 0 spiro atoms. The van der Waals surface area contributed by atoms with Gasteiger partial charge >= 0.3 is 12.0 Å². The number of hydrogen-bond acceptors (Lipinski definition) is 5. The Kier molecular flexibility index (Phi) is 5.82. The predicted molar refractivity (Wildman–Crippen MR) is 72.5 cm³/mol. The summed E-state index contributed by atoms with van der Waals surface area (Å²) in [5, 5.41) is 21.3. The van der Waals surface area contributed by atoms with E-state index in [2.05, 4.69) is 25.8 Å². The molecule has 0 aromatic carbocycles. The van der Waals surface area contributed by atoms with Gasteiger partial charge in [-0.2, -0.15) is 0 Å². The molecule has 8 heteroatoms. The van der Waals surface area contributed by atoms with Crippen LogP contribution in [-0.4, -0.2) is 38.3 Å². The normalized spacial score (nSPS) is 11.8. The van der Waals surface area contributed by atoms with Crippen molar-refractivity contribution < 1.29 is 14.7 Å². The zero-order chi connectivity index (χ0) is 15.1. The van der Waals surface area contributed by atoms with Crippen LogP contribution in [0.3, 0.4) is 0 Å². The third kappa shape index (κ3) is 4.15. The van der Waals surface area contributed by atoms with Crippen LogP contribution in [0.15, 0.2) is 0 Å². The Morgan fingerprint density at radius 1 is 1.15 bits per heavy atom. The third-order valence-corrected chi connectivity index (χ3v) is 2.75. The average Bonchev–Trinajstić information content (AvgIpc) is 2.44. The second-order valence-corrected chi connectivity index (χ2v) is 4.13. The lowest BCUT2D eigenvalue weighted by molar-refractivity contribution is -0.139. The number of carboxylic acid groups (broad SMARTS) is 1. The number of amides is 2. The van der Waals surface area contributed by atoms with E-state index in [0.29, 0.717) is 12.8 Å². The van der Waals surface area contributed by atoms with Crippen LogP contribution in [-0.2, 0) is 17.6 Å². The molecule has 0 aliphatic heterocycles. The topological polar surface area (TPSA) is 117 Å². The summed E-state index contributed by atoms with van der Waals surface area (Å²) in [5.74, 6) is -1.02. The summed E-state index contributed by atoms with van der Waals surface area (Å²) in [6, 6.07) is -1.60. The van der Waals surface area contributed by atoms with Gasteiger partial charge in [-0.05, 0) is 19.3 Å². The number of rotatable bonds is 6. The molecule has 0 saturated carbocycles. The van der Waals surface area contributed by atoms with E-state index in [1.165, 1.54) is 0 Å². The molecule has 1 rings (SSSR count). The van der Waals surface area contributed by atoms with Crippen molar-refractivity contribution in [2.24, 2.45) is 0 Å². The van der Waals surface area contributed by atoms with E-state index in [1.807, 2.05) is 13.8 Å². The molecular weight excluding hydrogens is 262 g/mol. The van der Waals surface area contributed by atoms with Crippen molar-refractivity contribution in [3.05, 3.63) is 11.4 Å². The fourth-order valence-corrected chi connectivity index (χ4v) is 1.63. The van der Waals surface area contributed by atoms with Crippen LogP contribution in [0.4, 0.5) is 10.7 Å². The number of anilines is 1. The highest BCUT2D eigenvalue weighted by molar-refractivity contribution is 5.90. The highest BCUT2D eigenvalue weighted by Gasteiger charge is 2.18. The molecule has 0 aliphatic rings. The van der Waals surface area contributed by atoms with E-state index < -0.39 is 18.0 Å². The van der Waals surface area contributed by atoms with Crippen molar-refractivity contribution >= 4 is 17.9 Å². The smallest absolute Gasteiger partial charge is 0.326 e. The van der Waals surface area contributed by atoms with Crippen molar-refractivity contribution in [2.75, 3.05) is 5.32 Å². The van der Waals surface area contributed by atoms with Gasteiger partial charge in [0.05, 0.1) is 11.4 Å². The Balaban J connectivity index is 2.73. The fraction of sp³-hybridized carbons (Fsp3) is 0.583. The van der Waals surface area contributed by atoms with Gasteiger partial charge in [-0.25, -0.2) is 14.6 Å². The molecule has 1 aromatic rings. The van der Waals surface area contributed by atoms with Gasteiger partial charge in [0, 0.05) is 0 Å². The van der Waals surface area contributed by atoms with E-state index in [-0.39, 0.29) is 12.4 Å². The highest BCUT2D eigenvalue weighted by atomic mass is 16.4. The van der Waals surface area contributed by atoms with Crippen molar-refractivity contribution in [3.8, 4) is 0 Å². The minimum absolute atomic E-state index is 0.0665. The van der Waals surface area contributed by atoms with E-state index in [0.717, 1.165) is 11.4 Å². The van der Waals surface area contributed by atoms with Crippen molar-refractivity contribution in [1.82, 2.24) is 20.5 Å². The maximum absolute atomic E-state index is 11.6. The molecule has 0 bridgehead atoms. The summed E-state index contributed by atoms with van der Waals surface area (Å²) < 4.78 is 0. The quantitative estimate of drug-likeness (QED) is 0.715. The second-order valence-electron chi connectivity index (χ2n) is 4.13. The maximum Gasteiger partial charge on any atom is 0.326 e. The molecule has 1 heterocycles. The fourth-order valence-electron chi connectivity index (χ4n) is 1.63. The van der Waals surface area contributed by atoms with Crippen molar-refractivity contribution in [1.29, 1.82) is 0 Å². The summed E-state index contributed by atoms with van der Waals surface area (Å²) in [5.41, 5.74) is 1.55. The summed E-state index contributed by atoms with van der Waals surface area (Å²) in [6.07, 6.45) is 1.69. The average molecular weight is 281 g/mol. The van der Waals surface area contributed by atoms with Gasteiger partial charge in [0.25, 0.3) is 5.95 Å².